The fourth-order valence-corrected chi connectivity index (χ4v) is 5.58. The standard InChI is InChI=1S/C35H41ClN2O2/c1-3-4-6-13-30(24-28-11-7-5-8-12-28)26-38(34(39)31-18-16-27(2)17-19-31)25-29-20-22-37(23-21-29)35(40)32-14-9-10-15-33(32)36/h5,7-12,14-19,24,29H,3-4,6,13,20-23,25-26H2,1-2H3/b30-24-. The minimum absolute atomic E-state index is 0.0133. The predicted molar refractivity (Wildman–Crippen MR) is 166 cm³/mol. The molecule has 5 heteroatoms. The van der Waals surface area contributed by atoms with Crippen LogP contribution in [-0.2, 0) is 0 Å². The number of likely N-dealkylation sites (tertiary alicyclic amines) is 1. The van der Waals surface area contributed by atoms with E-state index in [1.165, 1.54) is 17.6 Å². The third-order valence-corrected chi connectivity index (χ3v) is 8.07. The number of rotatable bonds is 11. The largest absolute Gasteiger partial charge is 0.339 e. The molecular weight excluding hydrogens is 516 g/mol. The second kappa shape index (κ2) is 14.9. The van der Waals surface area contributed by atoms with Gasteiger partial charge in [-0.05, 0) is 68.4 Å². The number of amides is 2. The van der Waals surface area contributed by atoms with E-state index in [4.69, 9.17) is 11.6 Å². The number of halogens is 1. The maximum absolute atomic E-state index is 13.9. The van der Waals surface area contributed by atoms with Gasteiger partial charge in [-0.2, -0.15) is 0 Å². The van der Waals surface area contributed by atoms with Gasteiger partial charge in [-0.3, -0.25) is 9.59 Å². The molecule has 3 aromatic carbocycles. The van der Waals surface area contributed by atoms with E-state index in [0.29, 0.717) is 42.7 Å². The molecule has 0 bridgehead atoms. The average molecular weight is 557 g/mol. The topological polar surface area (TPSA) is 40.6 Å². The van der Waals surface area contributed by atoms with Gasteiger partial charge in [0.15, 0.2) is 0 Å². The van der Waals surface area contributed by atoms with Gasteiger partial charge in [-0.25, -0.2) is 0 Å². The van der Waals surface area contributed by atoms with Gasteiger partial charge in [0.1, 0.15) is 0 Å². The maximum atomic E-state index is 13.9. The first-order valence-corrected chi connectivity index (χ1v) is 15.0. The summed E-state index contributed by atoms with van der Waals surface area (Å²) >= 11 is 6.29. The summed E-state index contributed by atoms with van der Waals surface area (Å²) in [5.74, 6) is 0.392. The number of aryl methyl sites for hydroxylation is 1. The van der Waals surface area contributed by atoms with Crippen LogP contribution in [0.3, 0.4) is 0 Å². The first-order chi connectivity index (χ1) is 19.4. The van der Waals surface area contributed by atoms with Crippen molar-refractivity contribution in [2.24, 2.45) is 5.92 Å². The SMILES string of the molecule is CCCCC/C(=C/c1ccccc1)CN(CC1CCN(C(=O)c2ccccc2Cl)CC1)C(=O)c1ccc(C)cc1. The number of nitrogens with zero attached hydrogens (tertiary/aromatic N) is 2. The number of hydrogen-bond acceptors (Lipinski definition) is 2. The summed E-state index contributed by atoms with van der Waals surface area (Å²) in [6.45, 7) is 6.90. The Labute approximate surface area is 244 Å². The van der Waals surface area contributed by atoms with Crippen LogP contribution in [0.25, 0.3) is 6.08 Å². The lowest BCUT2D eigenvalue weighted by Crippen LogP contribution is -2.43. The summed E-state index contributed by atoms with van der Waals surface area (Å²) in [4.78, 5) is 30.9. The van der Waals surface area contributed by atoms with Crippen LogP contribution >= 0.6 is 11.6 Å². The molecule has 0 unspecified atom stereocenters. The molecule has 0 spiro atoms. The highest BCUT2D eigenvalue weighted by atomic mass is 35.5. The highest BCUT2D eigenvalue weighted by Crippen LogP contribution is 2.25. The van der Waals surface area contributed by atoms with Crippen LogP contribution in [0, 0.1) is 12.8 Å². The number of hydrogen-bond donors (Lipinski definition) is 0. The number of piperidine rings is 1. The molecule has 4 rings (SSSR count). The first-order valence-electron chi connectivity index (χ1n) is 14.6. The molecule has 0 saturated carbocycles. The molecule has 0 aromatic heterocycles. The molecule has 1 heterocycles. The average Bonchev–Trinajstić information content (AvgIpc) is 2.98. The summed E-state index contributed by atoms with van der Waals surface area (Å²) in [7, 11) is 0. The lowest BCUT2D eigenvalue weighted by Gasteiger charge is -2.35. The number of carbonyl (C=O) groups is 2. The Morgan fingerprint density at radius 2 is 1.60 bits per heavy atom. The lowest BCUT2D eigenvalue weighted by molar-refractivity contribution is 0.0618. The molecule has 4 nitrogen and oxygen atoms in total. The van der Waals surface area contributed by atoms with Gasteiger partial charge in [0.25, 0.3) is 11.8 Å². The van der Waals surface area contributed by atoms with Gasteiger partial charge in [0.2, 0.25) is 0 Å². The van der Waals surface area contributed by atoms with Crippen molar-refractivity contribution in [2.45, 2.75) is 52.4 Å². The van der Waals surface area contributed by atoms with Crippen LogP contribution in [0.15, 0.2) is 84.4 Å². The fraction of sp³-hybridized carbons (Fsp3) is 0.371. The van der Waals surface area contributed by atoms with E-state index < -0.39 is 0 Å². The van der Waals surface area contributed by atoms with Crippen LogP contribution in [0.1, 0.15) is 77.3 Å². The Balaban J connectivity index is 1.50. The molecule has 40 heavy (non-hydrogen) atoms. The van der Waals surface area contributed by atoms with Crippen molar-refractivity contribution >= 4 is 29.5 Å². The van der Waals surface area contributed by atoms with E-state index in [9.17, 15) is 9.59 Å². The highest BCUT2D eigenvalue weighted by molar-refractivity contribution is 6.33. The van der Waals surface area contributed by atoms with Crippen molar-refractivity contribution in [3.63, 3.8) is 0 Å². The van der Waals surface area contributed by atoms with Crippen LogP contribution in [0.2, 0.25) is 5.02 Å². The third-order valence-electron chi connectivity index (χ3n) is 7.74. The molecule has 1 saturated heterocycles. The number of carbonyl (C=O) groups excluding carboxylic acids is 2. The molecule has 0 radical (unpaired) electrons. The van der Waals surface area contributed by atoms with Crippen molar-refractivity contribution < 1.29 is 9.59 Å². The molecular formula is C35H41ClN2O2. The van der Waals surface area contributed by atoms with Crippen molar-refractivity contribution in [1.82, 2.24) is 9.80 Å². The van der Waals surface area contributed by atoms with E-state index >= 15 is 0 Å². The molecule has 0 N–H and O–H groups in total. The molecule has 1 fully saturated rings. The fourth-order valence-electron chi connectivity index (χ4n) is 5.36. The molecule has 3 aromatic rings. The van der Waals surface area contributed by atoms with E-state index in [-0.39, 0.29) is 11.8 Å². The molecule has 210 valence electrons. The van der Waals surface area contributed by atoms with Crippen LogP contribution < -0.4 is 0 Å². The quantitative estimate of drug-likeness (QED) is 0.223. The first kappa shape index (κ1) is 29.6. The Morgan fingerprint density at radius 1 is 0.925 bits per heavy atom. The van der Waals surface area contributed by atoms with Crippen molar-refractivity contribution in [3.05, 3.63) is 112 Å². The van der Waals surface area contributed by atoms with Crippen LogP contribution in [-0.4, -0.2) is 47.8 Å². The summed E-state index contributed by atoms with van der Waals surface area (Å²) in [6.07, 6.45) is 8.42. The van der Waals surface area contributed by atoms with Crippen molar-refractivity contribution in [3.8, 4) is 0 Å². The van der Waals surface area contributed by atoms with Gasteiger partial charge in [0, 0.05) is 31.7 Å². The molecule has 2 amide bonds. The Kier molecular flexibility index (Phi) is 11.0. The van der Waals surface area contributed by atoms with Crippen LogP contribution in [0.4, 0.5) is 0 Å². The number of benzene rings is 3. The lowest BCUT2D eigenvalue weighted by atomic mass is 9.94. The van der Waals surface area contributed by atoms with E-state index in [0.717, 1.165) is 43.2 Å². The second-order valence-corrected chi connectivity index (χ2v) is 11.3. The summed E-state index contributed by atoms with van der Waals surface area (Å²) in [6, 6.07) is 25.5. The minimum Gasteiger partial charge on any atom is -0.339 e. The maximum Gasteiger partial charge on any atom is 0.255 e. The van der Waals surface area contributed by atoms with Gasteiger partial charge >= 0.3 is 0 Å². The van der Waals surface area contributed by atoms with Crippen LogP contribution in [0.5, 0.6) is 0 Å². The van der Waals surface area contributed by atoms with Gasteiger partial charge in [0.05, 0.1) is 10.6 Å². The monoisotopic (exact) mass is 556 g/mol. The zero-order chi connectivity index (χ0) is 28.3. The predicted octanol–water partition coefficient (Wildman–Crippen LogP) is 8.31. The zero-order valence-electron chi connectivity index (χ0n) is 23.8. The second-order valence-electron chi connectivity index (χ2n) is 10.9. The smallest absolute Gasteiger partial charge is 0.255 e. The Hall–Kier alpha value is -3.37. The summed E-state index contributed by atoms with van der Waals surface area (Å²) in [5.41, 5.74) is 4.88. The van der Waals surface area contributed by atoms with Crippen molar-refractivity contribution in [1.29, 1.82) is 0 Å². The Morgan fingerprint density at radius 3 is 2.27 bits per heavy atom. The zero-order valence-corrected chi connectivity index (χ0v) is 24.6. The van der Waals surface area contributed by atoms with Gasteiger partial charge in [-0.1, -0.05) is 103 Å². The Bertz CT molecular complexity index is 1280. The summed E-state index contributed by atoms with van der Waals surface area (Å²) in [5, 5.41) is 0.491. The molecule has 0 atom stereocenters. The summed E-state index contributed by atoms with van der Waals surface area (Å²) < 4.78 is 0. The normalized spacial score (nSPS) is 14.3. The van der Waals surface area contributed by atoms with Gasteiger partial charge in [-0.15, -0.1) is 0 Å². The number of unbranched alkanes of at least 4 members (excludes halogenated alkanes) is 2. The van der Waals surface area contributed by atoms with E-state index in [1.807, 2.05) is 59.2 Å². The minimum atomic E-state index is -0.0133. The molecule has 1 aliphatic heterocycles. The molecule has 0 aliphatic carbocycles. The van der Waals surface area contributed by atoms with E-state index in [2.05, 4.69) is 37.3 Å². The third kappa shape index (κ3) is 8.32. The molecule has 1 aliphatic rings. The van der Waals surface area contributed by atoms with E-state index in [1.54, 1.807) is 12.1 Å². The highest BCUT2D eigenvalue weighted by Gasteiger charge is 2.28. The van der Waals surface area contributed by atoms with Gasteiger partial charge < -0.3 is 9.80 Å². The van der Waals surface area contributed by atoms with Crippen molar-refractivity contribution in [2.75, 3.05) is 26.2 Å².